The lowest BCUT2D eigenvalue weighted by Gasteiger charge is -2.00. The lowest BCUT2D eigenvalue weighted by molar-refractivity contribution is 0.841. The van der Waals surface area contributed by atoms with Gasteiger partial charge in [-0.1, -0.05) is 22.9 Å². The number of hydrogen-bond donors (Lipinski definition) is 0. The Bertz CT molecular complexity index is 678. The van der Waals surface area contributed by atoms with E-state index >= 15 is 0 Å². The molecule has 3 rings (SSSR count). The Hall–Kier alpha value is -1.25. The van der Waals surface area contributed by atoms with Gasteiger partial charge < -0.3 is 0 Å². The Morgan fingerprint density at radius 1 is 1.41 bits per heavy atom. The smallest absolute Gasteiger partial charge is 0.199 e. The number of hydrogen-bond acceptors (Lipinski definition) is 7. The maximum Gasteiger partial charge on any atom is 0.254 e. The van der Waals surface area contributed by atoms with Crippen LogP contribution in [0.15, 0.2) is 21.8 Å². The van der Waals surface area contributed by atoms with Crippen LogP contribution in [-0.4, -0.2) is 29.8 Å². The predicted octanol–water partition coefficient (Wildman–Crippen LogP) is 2.09. The fraction of sp³-hybridized carbons (Fsp3) is 0.125. The number of rotatable bonds is 2. The second-order valence-corrected chi connectivity index (χ2v) is 5.91. The third-order valence-electron chi connectivity index (χ3n) is 1.89. The van der Waals surface area contributed by atoms with E-state index in [0.29, 0.717) is 10.9 Å². The van der Waals surface area contributed by atoms with Gasteiger partial charge in [-0.15, -0.1) is 10.2 Å². The van der Waals surface area contributed by atoms with Crippen LogP contribution in [0.25, 0.3) is 5.78 Å². The molecule has 0 unspecified atom stereocenters. The lowest BCUT2D eigenvalue weighted by Crippen LogP contribution is -1.95. The van der Waals surface area contributed by atoms with Crippen LogP contribution < -0.4 is 0 Å². The molecule has 0 aliphatic rings. The van der Waals surface area contributed by atoms with Gasteiger partial charge in [-0.25, -0.2) is 0 Å². The fourth-order valence-corrected chi connectivity index (χ4v) is 3.33. The molecular formula is C8H5ClN6S2. The standard InChI is InChI=1S/C8H5ClN6S2/c1-4-13-14-8(16-4)17-6-2-5(9)12-7-10-3-11-15(6)7/h2-3H,1H3. The topological polar surface area (TPSA) is 68.9 Å². The summed E-state index contributed by atoms with van der Waals surface area (Å²) < 4.78 is 2.45. The van der Waals surface area contributed by atoms with E-state index in [-0.39, 0.29) is 0 Å². The molecule has 6 nitrogen and oxygen atoms in total. The van der Waals surface area contributed by atoms with Crippen molar-refractivity contribution in [3.05, 3.63) is 22.6 Å². The Morgan fingerprint density at radius 3 is 3.06 bits per heavy atom. The van der Waals surface area contributed by atoms with Gasteiger partial charge in [0.05, 0.1) is 0 Å². The number of fused-ring (bicyclic) bond motifs is 1. The van der Waals surface area contributed by atoms with Crippen molar-refractivity contribution in [3.63, 3.8) is 0 Å². The summed E-state index contributed by atoms with van der Waals surface area (Å²) in [6, 6.07) is 1.73. The van der Waals surface area contributed by atoms with E-state index in [4.69, 9.17) is 11.6 Å². The quantitative estimate of drug-likeness (QED) is 0.671. The molecule has 0 amide bonds. The van der Waals surface area contributed by atoms with Gasteiger partial charge in [-0.2, -0.15) is 19.6 Å². The third kappa shape index (κ3) is 2.11. The minimum absolute atomic E-state index is 0.384. The summed E-state index contributed by atoms with van der Waals surface area (Å²) in [5, 5.41) is 14.2. The number of aryl methyl sites for hydroxylation is 1. The van der Waals surface area contributed by atoms with Crippen molar-refractivity contribution < 1.29 is 0 Å². The first-order chi connectivity index (χ1) is 8.22. The van der Waals surface area contributed by atoms with Gasteiger partial charge in [-0.3, -0.25) is 0 Å². The molecule has 3 aromatic heterocycles. The highest BCUT2D eigenvalue weighted by Crippen LogP contribution is 2.30. The number of nitrogens with zero attached hydrogens (tertiary/aromatic N) is 6. The Kier molecular flexibility index (Phi) is 2.69. The largest absolute Gasteiger partial charge is 0.254 e. The summed E-state index contributed by atoms with van der Waals surface area (Å²) in [4.78, 5) is 8.05. The molecule has 0 atom stereocenters. The fourth-order valence-electron chi connectivity index (χ4n) is 1.24. The first-order valence-electron chi connectivity index (χ1n) is 4.56. The minimum atomic E-state index is 0.384. The normalized spacial score (nSPS) is 11.2. The first kappa shape index (κ1) is 10.9. The molecule has 0 aliphatic carbocycles. The van der Waals surface area contributed by atoms with Crippen LogP contribution in [0.1, 0.15) is 5.01 Å². The maximum atomic E-state index is 5.91. The van der Waals surface area contributed by atoms with Crippen molar-refractivity contribution in [2.75, 3.05) is 0 Å². The number of halogens is 1. The van der Waals surface area contributed by atoms with Gasteiger partial charge in [-0.05, 0) is 18.7 Å². The highest BCUT2D eigenvalue weighted by atomic mass is 35.5. The van der Waals surface area contributed by atoms with Crippen molar-refractivity contribution in [1.29, 1.82) is 0 Å². The summed E-state index contributed by atoms with van der Waals surface area (Å²) in [6.45, 7) is 1.91. The predicted molar refractivity (Wildman–Crippen MR) is 64.6 cm³/mol. The van der Waals surface area contributed by atoms with E-state index in [0.717, 1.165) is 14.4 Å². The van der Waals surface area contributed by atoms with E-state index < -0.39 is 0 Å². The molecule has 0 bridgehead atoms. The summed E-state index contributed by atoms with van der Waals surface area (Å²) in [5.74, 6) is 0.473. The highest BCUT2D eigenvalue weighted by Gasteiger charge is 2.10. The Morgan fingerprint density at radius 2 is 2.29 bits per heavy atom. The molecular weight excluding hydrogens is 280 g/mol. The van der Waals surface area contributed by atoms with Crippen molar-refractivity contribution in [3.8, 4) is 0 Å². The molecule has 0 saturated heterocycles. The van der Waals surface area contributed by atoms with Crippen molar-refractivity contribution in [2.45, 2.75) is 16.3 Å². The third-order valence-corrected chi connectivity index (χ3v) is 3.97. The van der Waals surface area contributed by atoms with Crippen LogP contribution in [0.2, 0.25) is 5.15 Å². The summed E-state index contributed by atoms with van der Waals surface area (Å²) in [6.07, 6.45) is 1.44. The molecule has 3 heterocycles. The zero-order valence-corrected chi connectivity index (χ0v) is 10.9. The van der Waals surface area contributed by atoms with Gasteiger partial charge in [0.1, 0.15) is 21.5 Å². The molecule has 0 aliphatic heterocycles. The molecule has 3 aromatic rings. The van der Waals surface area contributed by atoms with Crippen LogP contribution in [0.5, 0.6) is 0 Å². The molecule has 0 saturated carbocycles. The SMILES string of the molecule is Cc1nnc(Sc2cc(Cl)nc3ncnn23)s1. The van der Waals surface area contributed by atoms with Crippen LogP contribution in [0.3, 0.4) is 0 Å². The minimum Gasteiger partial charge on any atom is -0.199 e. The van der Waals surface area contributed by atoms with E-state index in [1.54, 1.807) is 10.6 Å². The van der Waals surface area contributed by atoms with Gasteiger partial charge in [0.15, 0.2) is 4.34 Å². The van der Waals surface area contributed by atoms with E-state index in [1.807, 2.05) is 6.92 Å². The molecule has 17 heavy (non-hydrogen) atoms. The Balaban J connectivity index is 2.07. The van der Waals surface area contributed by atoms with Crippen molar-refractivity contribution in [1.82, 2.24) is 29.8 Å². The molecule has 0 aromatic carbocycles. The van der Waals surface area contributed by atoms with E-state index in [1.165, 1.54) is 29.4 Å². The molecule has 0 N–H and O–H groups in total. The van der Waals surface area contributed by atoms with Crippen LogP contribution >= 0.6 is 34.7 Å². The number of aromatic nitrogens is 6. The van der Waals surface area contributed by atoms with Gasteiger partial charge in [0, 0.05) is 6.07 Å². The molecule has 0 spiro atoms. The van der Waals surface area contributed by atoms with Crippen LogP contribution in [0.4, 0.5) is 0 Å². The van der Waals surface area contributed by atoms with Crippen LogP contribution in [0, 0.1) is 6.92 Å². The van der Waals surface area contributed by atoms with Crippen molar-refractivity contribution in [2.24, 2.45) is 0 Å². The lowest BCUT2D eigenvalue weighted by atomic mass is 10.7. The molecule has 0 fully saturated rings. The molecule has 9 heteroatoms. The van der Waals surface area contributed by atoms with Gasteiger partial charge in [0.2, 0.25) is 0 Å². The zero-order chi connectivity index (χ0) is 11.8. The molecule has 0 radical (unpaired) electrons. The summed E-state index contributed by atoms with van der Waals surface area (Å²) in [7, 11) is 0. The second-order valence-electron chi connectivity index (χ2n) is 3.08. The summed E-state index contributed by atoms with van der Waals surface area (Å²) >= 11 is 8.87. The monoisotopic (exact) mass is 284 g/mol. The Labute approximate surface area is 109 Å². The zero-order valence-electron chi connectivity index (χ0n) is 8.53. The maximum absolute atomic E-state index is 5.91. The second kappa shape index (κ2) is 4.21. The van der Waals surface area contributed by atoms with Gasteiger partial charge in [0.25, 0.3) is 5.78 Å². The average Bonchev–Trinajstić information content (AvgIpc) is 2.87. The first-order valence-corrected chi connectivity index (χ1v) is 6.58. The van der Waals surface area contributed by atoms with Crippen LogP contribution in [-0.2, 0) is 0 Å². The van der Waals surface area contributed by atoms with E-state index in [9.17, 15) is 0 Å². The van der Waals surface area contributed by atoms with E-state index in [2.05, 4.69) is 25.3 Å². The highest BCUT2D eigenvalue weighted by molar-refractivity contribution is 8.01. The average molecular weight is 285 g/mol. The summed E-state index contributed by atoms with van der Waals surface area (Å²) in [5.41, 5.74) is 0. The molecule has 86 valence electrons. The van der Waals surface area contributed by atoms with Crippen molar-refractivity contribution >= 4 is 40.5 Å². The van der Waals surface area contributed by atoms with Gasteiger partial charge >= 0.3 is 0 Å².